The number of primary amides is 1. The van der Waals surface area contributed by atoms with Crippen molar-refractivity contribution in [2.75, 3.05) is 5.32 Å². The fourth-order valence-corrected chi connectivity index (χ4v) is 2.36. The number of carbonyl (C=O) groups excluding carboxylic acids is 1. The summed E-state index contributed by atoms with van der Waals surface area (Å²) in [5.41, 5.74) is 7.50. The molecule has 1 unspecified atom stereocenters. The monoisotopic (exact) mass is 336 g/mol. The van der Waals surface area contributed by atoms with Gasteiger partial charge in [-0.05, 0) is 58.2 Å². The average Bonchev–Trinajstić information content (AvgIpc) is 2.40. The van der Waals surface area contributed by atoms with Crippen molar-refractivity contribution in [3.8, 4) is 0 Å². The SMILES string of the molecule is Cc1ccc(F)cc1C(Nc1ccccc1Br)C(N)=O. The van der Waals surface area contributed by atoms with Gasteiger partial charge in [0.2, 0.25) is 5.91 Å². The van der Waals surface area contributed by atoms with E-state index in [-0.39, 0.29) is 0 Å². The smallest absolute Gasteiger partial charge is 0.244 e. The van der Waals surface area contributed by atoms with Crippen LogP contribution in [0, 0.1) is 12.7 Å². The van der Waals surface area contributed by atoms with E-state index in [1.165, 1.54) is 12.1 Å². The molecular weight excluding hydrogens is 323 g/mol. The summed E-state index contributed by atoms with van der Waals surface area (Å²) >= 11 is 3.39. The largest absolute Gasteiger partial charge is 0.369 e. The van der Waals surface area contributed by atoms with Crippen molar-refractivity contribution in [2.24, 2.45) is 5.73 Å². The number of aryl methyl sites for hydroxylation is 1. The maximum atomic E-state index is 13.4. The van der Waals surface area contributed by atoms with Gasteiger partial charge in [0.25, 0.3) is 0 Å². The Morgan fingerprint density at radius 2 is 2.00 bits per heavy atom. The molecule has 104 valence electrons. The van der Waals surface area contributed by atoms with E-state index < -0.39 is 17.8 Å². The summed E-state index contributed by atoms with van der Waals surface area (Å²) in [5, 5.41) is 3.04. The Hall–Kier alpha value is -1.88. The Labute approximate surface area is 125 Å². The van der Waals surface area contributed by atoms with Crippen LogP contribution in [-0.4, -0.2) is 5.91 Å². The van der Waals surface area contributed by atoms with E-state index in [1.807, 2.05) is 31.2 Å². The van der Waals surface area contributed by atoms with Crippen LogP contribution in [0.1, 0.15) is 17.2 Å². The van der Waals surface area contributed by atoms with E-state index in [2.05, 4.69) is 21.2 Å². The molecule has 1 atom stereocenters. The summed E-state index contributed by atoms with van der Waals surface area (Å²) in [6.07, 6.45) is 0. The number of hydrogen-bond acceptors (Lipinski definition) is 2. The first-order valence-corrected chi connectivity index (χ1v) is 6.85. The number of anilines is 1. The van der Waals surface area contributed by atoms with Crippen molar-refractivity contribution in [1.82, 2.24) is 0 Å². The quantitative estimate of drug-likeness (QED) is 0.897. The molecular formula is C15H14BrFN2O. The molecule has 0 aliphatic carbocycles. The third-order valence-electron chi connectivity index (χ3n) is 3.01. The van der Waals surface area contributed by atoms with Crippen LogP contribution >= 0.6 is 15.9 Å². The van der Waals surface area contributed by atoms with Crippen LogP contribution in [0.4, 0.5) is 10.1 Å². The van der Waals surface area contributed by atoms with Gasteiger partial charge in [-0.15, -0.1) is 0 Å². The predicted molar refractivity (Wildman–Crippen MR) is 80.8 cm³/mol. The topological polar surface area (TPSA) is 55.1 Å². The Morgan fingerprint density at radius 3 is 2.65 bits per heavy atom. The predicted octanol–water partition coefficient (Wildman–Crippen LogP) is 3.54. The molecule has 5 heteroatoms. The molecule has 0 bridgehead atoms. The first kappa shape index (κ1) is 14.5. The van der Waals surface area contributed by atoms with E-state index in [0.717, 1.165) is 15.7 Å². The first-order valence-electron chi connectivity index (χ1n) is 6.05. The van der Waals surface area contributed by atoms with Crippen molar-refractivity contribution in [3.05, 3.63) is 63.9 Å². The minimum absolute atomic E-state index is 0.397. The molecule has 0 aromatic heterocycles. The van der Waals surface area contributed by atoms with E-state index >= 15 is 0 Å². The Kier molecular flexibility index (Phi) is 4.39. The van der Waals surface area contributed by atoms with Crippen LogP contribution in [0.3, 0.4) is 0 Å². The maximum Gasteiger partial charge on any atom is 0.244 e. The second-order valence-electron chi connectivity index (χ2n) is 4.46. The molecule has 2 rings (SSSR count). The maximum absolute atomic E-state index is 13.4. The molecule has 3 nitrogen and oxygen atoms in total. The van der Waals surface area contributed by atoms with E-state index in [1.54, 1.807) is 6.07 Å². The molecule has 0 aliphatic heterocycles. The zero-order valence-corrected chi connectivity index (χ0v) is 12.4. The van der Waals surface area contributed by atoms with Crippen LogP contribution < -0.4 is 11.1 Å². The van der Waals surface area contributed by atoms with E-state index in [0.29, 0.717) is 5.56 Å². The highest BCUT2D eigenvalue weighted by molar-refractivity contribution is 9.10. The average molecular weight is 337 g/mol. The number of benzene rings is 2. The number of para-hydroxylation sites is 1. The van der Waals surface area contributed by atoms with Crippen molar-refractivity contribution < 1.29 is 9.18 Å². The molecule has 0 fully saturated rings. The minimum atomic E-state index is -0.788. The van der Waals surface area contributed by atoms with Crippen molar-refractivity contribution in [3.63, 3.8) is 0 Å². The van der Waals surface area contributed by atoms with Gasteiger partial charge < -0.3 is 11.1 Å². The minimum Gasteiger partial charge on any atom is -0.369 e. The van der Waals surface area contributed by atoms with Gasteiger partial charge in [0.15, 0.2) is 0 Å². The molecule has 0 aliphatic rings. The van der Waals surface area contributed by atoms with Crippen LogP contribution in [0.2, 0.25) is 0 Å². The summed E-state index contributed by atoms with van der Waals surface area (Å²) in [7, 11) is 0. The number of amides is 1. The highest BCUT2D eigenvalue weighted by Crippen LogP contribution is 2.28. The number of rotatable bonds is 4. The highest BCUT2D eigenvalue weighted by Gasteiger charge is 2.21. The third-order valence-corrected chi connectivity index (χ3v) is 3.70. The molecule has 3 N–H and O–H groups in total. The second-order valence-corrected chi connectivity index (χ2v) is 5.31. The normalized spacial score (nSPS) is 11.9. The van der Waals surface area contributed by atoms with Crippen LogP contribution in [0.25, 0.3) is 0 Å². The summed E-state index contributed by atoms with van der Waals surface area (Å²) in [6.45, 7) is 1.81. The van der Waals surface area contributed by atoms with Gasteiger partial charge in [-0.1, -0.05) is 18.2 Å². The Bertz CT molecular complexity index is 646. The molecule has 0 heterocycles. The first-order chi connectivity index (χ1) is 9.49. The molecule has 0 spiro atoms. The van der Waals surface area contributed by atoms with Crippen LogP contribution in [0.15, 0.2) is 46.9 Å². The number of nitrogens with one attached hydrogen (secondary N) is 1. The number of hydrogen-bond donors (Lipinski definition) is 2. The standard InChI is InChI=1S/C15H14BrFN2O/c1-9-6-7-10(17)8-11(9)14(15(18)20)19-13-5-3-2-4-12(13)16/h2-8,14,19H,1H3,(H2,18,20). The number of nitrogens with two attached hydrogens (primary N) is 1. The molecule has 1 amide bonds. The fourth-order valence-electron chi connectivity index (χ4n) is 1.96. The van der Waals surface area contributed by atoms with Crippen molar-refractivity contribution in [1.29, 1.82) is 0 Å². The lowest BCUT2D eigenvalue weighted by atomic mass is 10.00. The summed E-state index contributed by atoms with van der Waals surface area (Å²) in [4.78, 5) is 11.7. The zero-order valence-electron chi connectivity index (χ0n) is 10.9. The van der Waals surface area contributed by atoms with Gasteiger partial charge >= 0.3 is 0 Å². The summed E-state index contributed by atoms with van der Waals surface area (Å²) < 4.78 is 14.2. The Morgan fingerprint density at radius 1 is 1.30 bits per heavy atom. The lowest BCUT2D eigenvalue weighted by Crippen LogP contribution is -2.28. The lowest BCUT2D eigenvalue weighted by Gasteiger charge is -2.20. The molecule has 2 aromatic carbocycles. The fraction of sp³-hybridized carbons (Fsp3) is 0.133. The second kappa shape index (κ2) is 6.05. The van der Waals surface area contributed by atoms with Gasteiger partial charge in [-0.2, -0.15) is 0 Å². The summed E-state index contributed by atoms with van der Waals surface area (Å²) in [6, 6.07) is 10.9. The van der Waals surface area contributed by atoms with E-state index in [4.69, 9.17) is 5.73 Å². The molecule has 2 aromatic rings. The van der Waals surface area contributed by atoms with Crippen molar-refractivity contribution >= 4 is 27.5 Å². The zero-order chi connectivity index (χ0) is 14.7. The van der Waals surface area contributed by atoms with Crippen LogP contribution in [-0.2, 0) is 4.79 Å². The van der Waals surface area contributed by atoms with Crippen molar-refractivity contribution in [2.45, 2.75) is 13.0 Å². The van der Waals surface area contributed by atoms with Gasteiger partial charge in [0, 0.05) is 10.2 Å². The third kappa shape index (κ3) is 3.17. The highest BCUT2D eigenvalue weighted by atomic mass is 79.9. The number of halogens is 2. The lowest BCUT2D eigenvalue weighted by molar-refractivity contribution is -0.118. The Balaban J connectivity index is 2.40. The van der Waals surface area contributed by atoms with E-state index in [9.17, 15) is 9.18 Å². The summed E-state index contributed by atoms with van der Waals surface area (Å²) in [5.74, 6) is -0.958. The van der Waals surface area contributed by atoms with Gasteiger partial charge in [-0.25, -0.2) is 4.39 Å². The van der Waals surface area contributed by atoms with Crippen LogP contribution in [0.5, 0.6) is 0 Å². The van der Waals surface area contributed by atoms with Gasteiger partial charge in [0.1, 0.15) is 11.9 Å². The van der Waals surface area contributed by atoms with Gasteiger partial charge in [-0.3, -0.25) is 4.79 Å². The molecule has 0 radical (unpaired) electrons. The molecule has 20 heavy (non-hydrogen) atoms. The molecule has 0 saturated carbocycles. The van der Waals surface area contributed by atoms with Gasteiger partial charge in [0.05, 0.1) is 0 Å². The number of carbonyl (C=O) groups is 1. The molecule has 0 saturated heterocycles.